The van der Waals surface area contributed by atoms with Gasteiger partial charge in [0.2, 0.25) is 0 Å². The number of hydrogen-bond donors (Lipinski definition) is 1. The van der Waals surface area contributed by atoms with E-state index in [0.717, 1.165) is 24.6 Å². The fourth-order valence-corrected chi connectivity index (χ4v) is 3.13. The Morgan fingerprint density at radius 1 is 1.14 bits per heavy atom. The molecule has 0 radical (unpaired) electrons. The number of ether oxygens (including phenoxy) is 2. The number of likely N-dealkylation sites (tertiary alicyclic amines) is 1. The van der Waals surface area contributed by atoms with Gasteiger partial charge in [0.1, 0.15) is 13.2 Å². The Hall–Kier alpha value is -1.26. The highest BCUT2D eigenvalue weighted by atomic mass is 16.6. The highest BCUT2D eigenvalue weighted by molar-refractivity contribution is 5.43. The lowest BCUT2D eigenvalue weighted by atomic mass is 10.1. The summed E-state index contributed by atoms with van der Waals surface area (Å²) in [6, 6.07) is 6.22. The Morgan fingerprint density at radius 2 is 1.90 bits per heavy atom. The van der Waals surface area contributed by atoms with E-state index >= 15 is 0 Å². The van der Waals surface area contributed by atoms with Gasteiger partial charge in [-0.05, 0) is 56.1 Å². The molecule has 1 saturated heterocycles. The topological polar surface area (TPSA) is 33.7 Å². The predicted molar refractivity (Wildman–Crippen MR) is 84.0 cm³/mol. The molecule has 1 unspecified atom stereocenters. The van der Waals surface area contributed by atoms with E-state index in [-0.39, 0.29) is 0 Å². The van der Waals surface area contributed by atoms with Crippen LogP contribution in [0.4, 0.5) is 0 Å². The molecule has 1 fully saturated rings. The molecule has 4 nitrogen and oxygen atoms in total. The van der Waals surface area contributed by atoms with E-state index in [4.69, 9.17) is 9.47 Å². The van der Waals surface area contributed by atoms with Crippen molar-refractivity contribution in [2.24, 2.45) is 5.92 Å². The molecule has 0 bridgehead atoms. The highest BCUT2D eigenvalue weighted by Gasteiger charge is 2.15. The third kappa shape index (κ3) is 4.11. The van der Waals surface area contributed by atoms with Gasteiger partial charge in [-0.3, -0.25) is 0 Å². The lowest BCUT2D eigenvalue weighted by Crippen LogP contribution is -2.31. The molecular formula is C17H26N2O2. The van der Waals surface area contributed by atoms with E-state index < -0.39 is 0 Å². The van der Waals surface area contributed by atoms with Crippen LogP contribution in [-0.4, -0.2) is 44.3 Å². The first-order chi connectivity index (χ1) is 10.3. The van der Waals surface area contributed by atoms with Crippen molar-refractivity contribution in [3.05, 3.63) is 23.8 Å². The molecule has 21 heavy (non-hydrogen) atoms. The molecule has 1 aromatic carbocycles. The van der Waals surface area contributed by atoms with Crippen LogP contribution < -0.4 is 14.8 Å². The number of rotatable bonds is 6. The molecule has 0 amide bonds. The summed E-state index contributed by atoms with van der Waals surface area (Å²) >= 11 is 0. The maximum Gasteiger partial charge on any atom is 0.161 e. The van der Waals surface area contributed by atoms with Crippen molar-refractivity contribution in [3.8, 4) is 11.5 Å². The van der Waals surface area contributed by atoms with Crippen molar-refractivity contribution in [1.82, 2.24) is 10.2 Å². The molecule has 3 rings (SSSR count). The van der Waals surface area contributed by atoms with Crippen LogP contribution in [0.5, 0.6) is 11.5 Å². The first-order valence-electron chi connectivity index (χ1n) is 8.13. The van der Waals surface area contributed by atoms with Crippen molar-refractivity contribution in [2.75, 3.05) is 39.4 Å². The molecule has 116 valence electrons. The maximum absolute atomic E-state index is 5.62. The number of benzene rings is 1. The van der Waals surface area contributed by atoms with Crippen LogP contribution in [0.25, 0.3) is 0 Å². The highest BCUT2D eigenvalue weighted by Crippen LogP contribution is 2.30. The normalized spacial score (nSPS) is 19.7. The summed E-state index contributed by atoms with van der Waals surface area (Å²) in [5, 5.41) is 3.56. The Labute approximate surface area is 127 Å². The largest absolute Gasteiger partial charge is 0.486 e. The molecule has 0 aromatic heterocycles. The van der Waals surface area contributed by atoms with Crippen molar-refractivity contribution in [2.45, 2.75) is 26.3 Å². The van der Waals surface area contributed by atoms with E-state index in [0.29, 0.717) is 19.1 Å². The monoisotopic (exact) mass is 290 g/mol. The van der Waals surface area contributed by atoms with Gasteiger partial charge in [-0.2, -0.15) is 0 Å². The molecule has 0 aliphatic carbocycles. The van der Waals surface area contributed by atoms with E-state index in [1.165, 1.54) is 38.0 Å². The third-order valence-corrected chi connectivity index (χ3v) is 4.20. The Bertz CT molecular complexity index is 458. The summed E-state index contributed by atoms with van der Waals surface area (Å²) in [6.07, 6.45) is 2.74. The molecular weight excluding hydrogens is 264 g/mol. The fraction of sp³-hybridized carbons (Fsp3) is 0.647. The Kier molecular flexibility index (Phi) is 4.99. The number of nitrogens with one attached hydrogen (secondary N) is 1. The Balaban J connectivity index is 1.42. The lowest BCUT2D eigenvalue weighted by molar-refractivity contribution is 0.171. The van der Waals surface area contributed by atoms with E-state index in [9.17, 15) is 0 Å². The van der Waals surface area contributed by atoms with Gasteiger partial charge >= 0.3 is 0 Å². The zero-order valence-electron chi connectivity index (χ0n) is 12.9. The molecule has 2 heterocycles. The Morgan fingerprint density at radius 3 is 2.71 bits per heavy atom. The number of fused-ring (bicyclic) bond motifs is 1. The fourth-order valence-electron chi connectivity index (χ4n) is 3.13. The molecule has 1 N–H and O–H groups in total. The molecule has 4 heteroatoms. The van der Waals surface area contributed by atoms with Crippen molar-refractivity contribution in [3.63, 3.8) is 0 Å². The molecule has 2 aliphatic heterocycles. The SMILES string of the molecule is CC(CNCc1ccc2c(c1)OCCO2)CN1CCCC1. The van der Waals surface area contributed by atoms with Gasteiger partial charge in [0.25, 0.3) is 0 Å². The molecule has 0 saturated carbocycles. The van der Waals surface area contributed by atoms with Gasteiger partial charge in [0.05, 0.1) is 0 Å². The van der Waals surface area contributed by atoms with Gasteiger partial charge in [0.15, 0.2) is 11.5 Å². The van der Waals surface area contributed by atoms with Crippen LogP contribution in [0.1, 0.15) is 25.3 Å². The van der Waals surface area contributed by atoms with E-state index in [1.807, 2.05) is 6.07 Å². The van der Waals surface area contributed by atoms with E-state index in [2.05, 4.69) is 29.3 Å². The van der Waals surface area contributed by atoms with Crippen LogP contribution in [0.3, 0.4) is 0 Å². The smallest absolute Gasteiger partial charge is 0.161 e. The summed E-state index contributed by atoms with van der Waals surface area (Å²) in [7, 11) is 0. The zero-order valence-corrected chi connectivity index (χ0v) is 12.9. The second kappa shape index (κ2) is 7.14. The minimum Gasteiger partial charge on any atom is -0.486 e. The second-order valence-electron chi connectivity index (χ2n) is 6.22. The summed E-state index contributed by atoms with van der Waals surface area (Å²) < 4.78 is 11.2. The second-order valence-corrected chi connectivity index (χ2v) is 6.22. The average molecular weight is 290 g/mol. The van der Waals surface area contributed by atoms with E-state index in [1.54, 1.807) is 0 Å². The predicted octanol–water partition coefficient (Wildman–Crippen LogP) is 2.28. The van der Waals surface area contributed by atoms with Crippen LogP contribution in [0.15, 0.2) is 18.2 Å². The van der Waals surface area contributed by atoms with Crippen LogP contribution in [0.2, 0.25) is 0 Å². The summed E-state index contributed by atoms with van der Waals surface area (Å²) in [5.74, 6) is 2.44. The lowest BCUT2D eigenvalue weighted by Gasteiger charge is -2.21. The van der Waals surface area contributed by atoms with Crippen LogP contribution in [0, 0.1) is 5.92 Å². The van der Waals surface area contributed by atoms with Gasteiger partial charge in [-0.25, -0.2) is 0 Å². The standard InChI is InChI=1S/C17H26N2O2/c1-14(13-19-6-2-3-7-19)11-18-12-15-4-5-16-17(10-15)21-9-8-20-16/h4-5,10,14,18H,2-3,6-9,11-13H2,1H3. The zero-order chi connectivity index (χ0) is 14.5. The molecule has 0 spiro atoms. The number of nitrogens with zero attached hydrogens (tertiary/aromatic N) is 1. The van der Waals surface area contributed by atoms with Crippen molar-refractivity contribution < 1.29 is 9.47 Å². The van der Waals surface area contributed by atoms with Gasteiger partial charge in [-0.15, -0.1) is 0 Å². The average Bonchev–Trinajstić information content (AvgIpc) is 3.00. The third-order valence-electron chi connectivity index (χ3n) is 4.20. The van der Waals surface area contributed by atoms with Crippen LogP contribution in [-0.2, 0) is 6.54 Å². The van der Waals surface area contributed by atoms with Crippen molar-refractivity contribution >= 4 is 0 Å². The maximum atomic E-state index is 5.62. The van der Waals surface area contributed by atoms with Gasteiger partial charge in [0, 0.05) is 13.1 Å². The van der Waals surface area contributed by atoms with Gasteiger partial charge in [-0.1, -0.05) is 13.0 Å². The summed E-state index contributed by atoms with van der Waals surface area (Å²) in [4.78, 5) is 2.58. The summed E-state index contributed by atoms with van der Waals surface area (Å²) in [5.41, 5.74) is 1.26. The summed E-state index contributed by atoms with van der Waals surface area (Å²) in [6.45, 7) is 9.36. The first-order valence-corrected chi connectivity index (χ1v) is 8.13. The number of hydrogen-bond acceptors (Lipinski definition) is 4. The first kappa shape index (κ1) is 14.7. The molecule has 1 aromatic rings. The molecule has 2 aliphatic rings. The van der Waals surface area contributed by atoms with Crippen LogP contribution >= 0.6 is 0 Å². The molecule has 1 atom stereocenters. The minimum atomic E-state index is 0.650. The van der Waals surface area contributed by atoms with Gasteiger partial charge < -0.3 is 19.7 Å². The van der Waals surface area contributed by atoms with Crippen molar-refractivity contribution in [1.29, 1.82) is 0 Å². The quantitative estimate of drug-likeness (QED) is 0.871. The minimum absolute atomic E-state index is 0.650.